The third-order valence-electron chi connectivity index (χ3n) is 3.64. The van der Waals surface area contributed by atoms with Crippen molar-refractivity contribution in [3.63, 3.8) is 0 Å². The van der Waals surface area contributed by atoms with Crippen LogP contribution in [0.4, 0.5) is 4.79 Å². The lowest BCUT2D eigenvalue weighted by atomic mass is 10.1. The van der Waals surface area contributed by atoms with Gasteiger partial charge >= 0.3 is 6.09 Å². The van der Waals surface area contributed by atoms with Crippen LogP contribution in [0.5, 0.6) is 0 Å². The molecule has 0 spiro atoms. The molecule has 0 fully saturated rings. The number of amides is 1. The zero-order valence-electron chi connectivity index (χ0n) is 11.6. The lowest BCUT2D eigenvalue weighted by molar-refractivity contribution is 0.168. The Morgan fingerprint density at radius 2 is 1.82 bits per heavy atom. The third-order valence-corrected chi connectivity index (χ3v) is 4.49. The van der Waals surface area contributed by atoms with Gasteiger partial charge in [-0.1, -0.05) is 30.3 Å². The van der Waals surface area contributed by atoms with E-state index >= 15 is 0 Å². The number of carbonyl (C=O) groups is 1. The Balaban J connectivity index is 2.18. The van der Waals surface area contributed by atoms with Crippen LogP contribution in [0.2, 0.25) is 0 Å². The zero-order valence-corrected chi connectivity index (χ0v) is 12.4. The molecule has 2 aromatic carbocycles. The molecule has 0 heterocycles. The van der Waals surface area contributed by atoms with Crippen molar-refractivity contribution in [3.05, 3.63) is 53.6 Å². The highest BCUT2D eigenvalue weighted by atomic mass is 32.2. The van der Waals surface area contributed by atoms with Crippen molar-refractivity contribution in [3.8, 4) is 11.1 Å². The molecule has 114 valence electrons. The van der Waals surface area contributed by atoms with Crippen molar-refractivity contribution >= 4 is 16.2 Å². The molecule has 0 saturated carbocycles. The van der Waals surface area contributed by atoms with E-state index < -0.39 is 22.3 Å². The van der Waals surface area contributed by atoms with Crippen LogP contribution >= 0.6 is 0 Å². The van der Waals surface area contributed by atoms with Crippen molar-refractivity contribution in [1.82, 2.24) is 5.32 Å². The summed E-state index contributed by atoms with van der Waals surface area (Å²) in [5.74, 6) is 0. The highest BCUT2D eigenvalue weighted by molar-refractivity contribution is 7.85. The summed E-state index contributed by atoms with van der Waals surface area (Å²) in [6, 6.07) is 11.2. The number of hydrogen-bond acceptors (Lipinski definition) is 4. The zero-order chi connectivity index (χ0) is 15.9. The summed E-state index contributed by atoms with van der Waals surface area (Å²) < 4.78 is 36.5. The minimum absolute atomic E-state index is 0.212. The van der Waals surface area contributed by atoms with E-state index in [1.165, 1.54) is 19.2 Å². The number of methoxy groups -OCH3 is 1. The fourth-order valence-electron chi connectivity index (χ4n) is 2.68. The van der Waals surface area contributed by atoms with Crippen molar-refractivity contribution in [2.24, 2.45) is 0 Å². The van der Waals surface area contributed by atoms with E-state index in [0.29, 0.717) is 5.56 Å². The van der Waals surface area contributed by atoms with Crippen molar-refractivity contribution in [1.29, 1.82) is 0 Å². The predicted octanol–water partition coefficient (Wildman–Crippen LogP) is 2.36. The lowest BCUT2D eigenvalue weighted by Gasteiger charge is -2.15. The Morgan fingerprint density at radius 1 is 1.14 bits per heavy atom. The summed E-state index contributed by atoms with van der Waals surface area (Å²) in [4.78, 5) is 11.4. The number of nitrogens with one attached hydrogen (secondary N) is 1. The first kappa shape index (κ1) is 14.6. The number of carbonyl (C=O) groups excluding carboxylic acids is 1. The van der Waals surface area contributed by atoms with E-state index in [2.05, 4.69) is 10.1 Å². The number of benzene rings is 2. The first-order chi connectivity index (χ1) is 10.4. The molecule has 2 N–H and O–H groups in total. The Morgan fingerprint density at radius 3 is 2.50 bits per heavy atom. The molecule has 6 nitrogen and oxygen atoms in total. The van der Waals surface area contributed by atoms with Crippen LogP contribution < -0.4 is 5.32 Å². The largest absolute Gasteiger partial charge is 0.453 e. The second kappa shape index (κ2) is 5.11. The van der Waals surface area contributed by atoms with E-state index in [0.717, 1.165) is 16.7 Å². The molecule has 2 aromatic rings. The molecule has 7 heteroatoms. The van der Waals surface area contributed by atoms with Gasteiger partial charge in [-0.3, -0.25) is 4.55 Å². The molecule has 3 rings (SSSR count). The number of rotatable bonds is 2. The van der Waals surface area contributed by atoms with Gasteiger partial charge in [0.15, 0.2) is 0 Å². The van der Waals surface area contributed by atoms with Gasteiger partial charge < -0.3 is 10.1 Å². The highest BCUT2D eigenvalue weighted by Gasteiger charge is 2.31. The first-order valence-electron chi connectivity index (χ1n) is 6.47. The highest BCUT2D eigenvalue weighted by Crippen LogP contribution is 2.44. The molecule has 1 atom stereocenters. The van der Waals surface area contributed by atoms with E-state index in [1.54, 1.807) is 6.07 Å². The summed E-state index contributed by atoms with van der Waals surface area (Å²) in [5.41, 5.74) is 3.15. The quantitative estimate of drug-likeness (QED) is 0.829. The molecule has 1 aliphatic carbocycles. The normalized spacial score (nSPS) is 15.8. The van der Waals surface area contributed by atoms with E-state index in [9.17, 15) is 17.8 Å². The number of alkyl carbamates (subject to hydrolysis) is 1. The Bertz CT molecular complexity index is 860. The molecule has 1 aliphatic rings. The predicted molar refractivity (Wildman–Crippen MR) is 79.1 cm³/mol. The van der Waals surface area contributed by atoms with E-state index in [4.69, 9.17) is 0 Å². The monoisotopic (exact) mass is 319 g/mol. The van der Waals surface area contributed by atoms with Crippen molar-refractivity contribution in [2.75, 3.05) is 7.11 Å². The van der Waals surface area contributed by atoms with Crippen molar-refractivity contribution in [2.45, 2.75) is 10.9 Å². The van der Waals surface area contributed by atoms with Gasteiger partial charge in [0.1, 0.15) is 0 Å². The van der Waals surface area contributed by atoms with Crippen LogP contribution in [0.15, 0.2) is 47.4 Å². The van der Waals surface area contributed by atoms with Gasteiger partial charge in [0.2, 0.25) is 0 Å². The van der Waals surface area contributed by atoms with Crippen LogP contribution in [-0.2, 0) is 14.9 Å². The minimum Gasteiger partial charge on any atom is -0.453 e. The summed E-state index contributed by atoms with van der Waals surface area (Å²) in [6.07, 6.45) is -0.620. The topological polar surface area (TPSA) is 92.7 Å². The maximum atomic E-state index is 11.6. The van der Waals surface area contributed by atoms with Crippen LogP contribution in [-0.4, -0.2) is 26.2 Å². The number of ether oxygens (including phenoxy) is 1. The summed E-state index contributed by atoms with van der Waals surface area (Å²) in [7, 11) is -3.06. The molecule has 1 unspecified atom stereocenters. The molecule has 0 radical (unpaired) electrons. The average molecular weight is 319 g/mol. The van der Waals surface area contributed by atoms with Gasteiger partial charge in [0.25, 0.3) is 10.1 Å². The maximum Gasteiger partial charge on any atom is 0.407 e. The van der Waals surface area contributed by atoms with Crippen molar-refractivity contribution < 1.29 is 22.5 Å². The van der Waals surface area contributed by atoms with Crippen LogP contribution in [0.1, 0.15) is 17.2 Å². The van der Waals surface area contributed by atoms with E-state index in [1.807, 2.05) is 24.3 Å². The molecular formula is C15H13NO5S. The smallest absolute Gasteiger partial charge is 0.407 e. The fourth-order valence-corrected chi connectivity index (χ4v) is 3.20. The Kier molecular flexibility index (Phi) is 3.38. The SMILES string of the molecule is COC(=O)NC1c2ccccc2-c2ccc(S(=O)(=O)O)cc21. The second-order valence-electron chi connectivity index (χ2n) is 4.88. The van der Waals surface area contributed by atoms with Gasteiger partial charge in [-0.25, -0.2) is 4.79 Å². The third kappa shape index (κ3) is 2.34. The molecule has 22 heavy (non-hydrogen) atoms. The first-order valence-corrected chi connectivity index (χ1v) is 7.91. The van der Waals surface area contributed by atoms with Crippen LogP contribution in [0, 0.1) is 0 Å². The Labute approximate surface area is 127 Å². The molecule has 0 aromatic heterocycles. The van der Waals surface area contributed by atoms with Gasteiger partial charge in [-0.15, -0.1) is 0 Å². The Hall–Kier alpha value is -2.38. The average Bonchev–Trinajstić information content (AvgIpc) is 2.80. The number of fused-ring (bicyclic) bond motifs is 3. The van der Waals surface area contributed by atoms with Gasteiger partial charge in [-0.05, 0) is 34.4 Å². The second-order valence-corrected chi connectivity index (χ2v) is 6.30. The molecular weight excluding hydrogens is 306 g/mol. The van der Waals surface area contributed by atoms with Crippen LogP contribution in [0.25, 0.3) is 11.1 Å². The lowest BCUT2D eigenvalue weighted by Crippen LogP contribution is -2.27. The van der Waals surface area contributed by atoms with Gasteiger partial charge in [0.05, 0.1) is 18.0 Å². The molecule has 0 aliphatic heterocycles. The summed E-state index contributed by atoms with van der Waals surface area (Å²) >= 11 is 0. The molecule has 0 saturated heterocycles. The number of hydrogen-bond donors (Lipinski definition) is 2. The fraction of sp³-hybridized carbons (Fsp3) is 0.133. The molecule has 0 bridgehead atoms. The van der Waals surface area contributed by atoms with Gasteiger partial charge in [-0.2, -0.15) is 8.42 Å². The minimum atomic E-state index is -4.31. The molecule has 1 amide bonds. The standard InChI is InChI=1S/C15H13NO5S/c1-21-15(17)16-14-12-5-3-2-4-10(12)11-7-6-9(8-13(11)14)22(18,19)20/h2-8,14H,1H3,(H,16,17)(H,18,19,20). The van der Waals surface area contributed by atoms with Crippen LogP contribution in [0.3, 0.4) is 0 Å². The summed E-state index contributed by atoms with van der Waals surface area (Å²) in [5, 5.41) is 2.68. The summed E-state index contributed by atoms with van der Waals surface area (Å²) in [6.45, 7) is 0. The maximum absolute atomic E-state index is 11.6. The van der Waals surface area contributed by atoms with Gasteiger partial charge in [0, 0.05) is 0 Å². The van der Waals surface area contributed by atoms with E-state index in [-0.39, 0.29) is 4.90 Å².